The van der Waals surface area contributed by atoms with Crippen molar-refractivity contribution in [3.8, 4) is 22.9 Å². The Morgan fingerprint density at radius 1 is 0.974 bits per heavy atom. The van der Waals surface area contributed by atoms with E-state index in [1.54, 1.807) is 55.6 Å². The highest BCUT2D eigenvalue weighted by molar-refractivity contribution is 5.98. The average Bonchev–Trinajstić information content (AvgIpc) is 3.37. The lowest BCUT2D eigenvalue weighted by atomic mass is 10.1. The number of aliphatic hydroxyl groups excluding tert-OH is 1. The SMILES string of the molecule is COc1ccc(OC(=O)Nc2cccc3nc(-c4c(NCC(O)c5ccccc5)cc[nH]c4=O)[nH]c23)cc1. The summed E-state index contributed by atoms with van der Waals surface area (Å²) in [6, 6.07) is 22.8. The number of carbonyl (C=O) groups is 1. The second kappa shape index (κ2) is 10.9. The van der Waals surface area contributed by atoms with Crippen LogP contribution in [0, 0.1) is 0 Å². The topological polar surface area (TPSA) is 141 Å². The molecule has 2 aromatic heterocycles. The van der Waals surface area contributed by atoms with Crippen molar-refractivity contribution in [3.63, 3.8) is 0 Å². The van der Waals surface area contributed by atoms with Crippen LogP contribution in [0.4, 0.5) is 16.2 Å². The normalized spacial score (nSPS) is 11.6. The van der Waals surface area contributed by atoms with E-state index in [0.29, 0.717) is 39.7 Å². The predicted octanol–water partition coefficient (Wildman–Crippen LogP) is 4.68. The van der Waals surface area contributed by atoms with Crippen LogP contribution in [0.25, 0.3) is 22.4 Å². The Morgan fingerprint density at radius 3 is 2.50 bits per heavy atom. The number of nitrogens with one attached hydrogen (secondary N) is 4. The Kier molecular flexibility index (Phi) is 7.05. The smallest absolute Gasteiger partial charge is 0.417 e. The molecule has 192 valence electrons. The van der Waals surface area contributed by atoms with E-state index >= 15 is 0 Å². The van der Waals surface area contributed by atoms with Crippen molar-refractivity contribution in [2.24, 2.45) is 0 Å². The first kappa shape index (κ1) is 24.6. The number of aliphatic hydroxyl groups is 1. The molecule has 0 saturated heterocycles. The lowest BCUT2D eigenvalue weighted by Crippen LogP contribution is -2.17. The molecule has 1 atom stereocenters. The zero-order valence-electron chi connectivity index (χ0n) is 20.4. The van der Waals surface area contributed by atoms with Gasteiger partial charge in [-0.25, -0.2) is 9.78 Å². The van der Waals surface area contributed by atoms with Gasteiger partial charge in [-0.05, 0) is 48.0 Å². The second-order valence-electron chi connectivity index (χ2n) is 8.38. The molecule has 10 nitrogen and oxygen atoms in total. The van der Waals surface area contributed by atoms with Gasteiger partial charge in [0, 0.05) is 12.7 Å². The summed E-state index contributed by atoms with van der Waals surface area (Å²) in [4.78, 5) is 35.8. The number of hydrogen-bond acceptors (Lipinski definition) is 7. The number of rotatable bonds is 8. The number of benzene rings is 3. The molecule has 0 aliphatic rings. The molecule has 0 spiro atoms. The third-order valence-electron chi connectivity index (χ3n) is 5.89. The van der Waals surface area contributed by atoms with Gasteiger partial charge in [0.05, 0.1) is 35.6 Å². The number of aromatic amines is 2. The van der Waals surface area contributed by atoms with Crippen molar-refractivity contribution in [1.82, 2.24) is 15.0 Å². The van der Waals surface area contributed by atoms with Crippen molar-refractivity contribution in [2.45, 2.75) is 6.10 Å². The van der Waals surface area contributed by atoms with Crippen LogP contribution in [0.3, 0.4) is 0 Å². The summed E-state index contributed by atoms with van der Waals surface area (Å²) < 4.78 is 10.5. The lowest BCUT2D eigenvalue weighted by Gasteiger charge is -2.14. The van der Waals surface area contributed by atoms with Gasteiger partial charge in [0.15, 0.2) is 0 Å². The molecule has 0 aliphatic heterocycles. The molecule has 0 bridgehead atoms. The Balaban J connectivity index is 1.38. The summed E-state index contributed by atoms with van der Waals surface area (Å²) in [7, 11) is 1.55. The number of carbonyl (C=O) groups excluding carboxylic acids is 1. The van der Waals surface area contributed by atoms with E-state index in [2.05, 4.69) is 25.6 Å². The molecule has 0 radical (unpaired) electrons. The molecule has 5 N–H and O–H groups in total. The Hall–Kier alpha value is -5.09. The van der Waals surface area contributed by atoms with Crippen LogP contribution < -0.4 is 25.7 Å². The number of pyridine rings is 1. The third-order valence-corrected chi connectivity index (χ3v) is 5.89. The standard InChI is InChI=1S/C28H25N5O5/c1-37-18-10-12-19(13-11-18)38-28(36)32-22-9-5-8-21-25(22)33-26(31-21)24-20(14-15-29-27(24)35)30-16-23(34)17-6-3-2-4-7-17/h2-15,23,34H,16H2,1H3,(H,31,33)(H,32,36)(H2,29,30,35). The number of H-pyrrole nitrogens is 2. The Morgan fingerprint density at radius 2 is 1.74 bits per heavy atom. The zero-order chi connectivity index (χ0) is 26.5. The molecule has 0 fully saturated rings. The van der Waals surface area contributed by atoms with E-state index in [4.69, 9.17) is 9.47 Å². The molecule has 2 heterocycles. The van der Waals surface area contributed by atoms with Gasteiger partial charge in [-0.1, -0.05) is 36.4 Å². The fraction of sp³-hybridized carbons (Fsp3) is 0.107. The number of ether oxygens (including phenoxy) is 2. The summed E-state index contributed by atoms with van der Waals surface area (Å²) in [5, 5.41) is 16.4. The second-order valence-corrected chi connectivity index (χ2v) is 8.38. The molecular weight excluding hydrogens is 486 g/mol. The van der Waals surface area contributed by atoms with Gasteiger partial charge < -0.3 is 29.9 Å². The predicted molar refractivity (Wildman–Crippen MR) is 145 cm³/mol. The first-order valence-corrected chi connectivity index (χ1v) is 11.8. The minimum atomic E-state index is -0.772. The number of para-hydroxylation sites is 1. The maximum absolute atomic E-state index is 12.8. The van der Waals surface area contributed by atoms with Crippen molar-refractivity contribution in [2.75, 3.05) is 24.3 Å². The molecule has 5 aromatic rings. The summed E-state index contributed by atoms with van der Waals surface area (Å²) >= 11 is 0. The number of hydrogen-bond donors (Lipinski definition) is 5. The zero-order valence-corrected chi connectivity index (χ0v) is 20.4. The van der Waals surface area contributed by atoms with Gasteiger partial charge in [0.25, 0.3) is 5.56 Å². The van der Waals surface area contributed by atoms with E-state index in [9.17, 15) is 14.7 Å². The van der Waals surface area contributed by atoms with Crippen LogP contribution in [0.1, 0.15) is 11.7 Å². The van der Waals surface area contributed by atoms with Crippen molar-refractivity contribution in [3.05, 3.63) is 101 Å². The van der Waals surface area contributed by atoms with Crippen LogP contribution in [0.2, 0.25) is 0 Å². The molecule has 38 heavy (non-hydrogen) atoms. The van der Waals surface area contributed by atoms with E-state index in [0.717, 1.165) is 5.56 Å². The number of nitrogens with zero attached hydrogens (tertiary/aromatic N) is 1. The maximum Gasteiger partial charge on any atom is 0.417 e. The van der Waals surface area contributed by atoms with Crippen LogP contribution in [-0.2, 0) is 0 Å². The fourth-order valence-corrected chi connectivity index (χ4v) is 4.00. The highest BCUT2D eigenvalue weighted by Gasteiger charge is 2.18. The van der Waals surface area contributed by atoms with Crippen molar-refractivity contribution < 1.29 is 19.4 Å². The molecule has 0 aliphatic carbocycles. The van der Waals surface area contributed by atoms with Gasteiger partial charge in [-0.15, -0.1) is 0 Å². The Labute approximate surface area is 217 Å². The lowest BCUT2D eigenvalue weighted by molar-refractivity contribution is 0.191. The van der Waals surface area contributed by atoms with Crippen LogP contribution in [0.5, 0.6) is 11.5 Å². The van der Waals surface area contributed by atoms with Crippen LogP contribution in [0.15, 0.2) is 89.9 Å². The van der Waals surface area contributed by atoms with Gasteiger partial charge in [0.1, 0.15) is 22.9 Å². The molecule has 0 saturated carbocycles. The van der Waals surface area contributed by atoms with Crippen LogP contribution in [-0.4, -0.2) is 39.8 Å². The van der Waals surface area contributed by atoms with Crippen molar-refractivity contribution in [1.29, 1.82) is 0 Å². The molecule has 1 amide bonds. The van der Waals surface area contributed by atoms with Crippen molar-refractivity contribution >= 4 is 28.5 Å². The van der Waals surface area contributed by atoms with E-state index < -0.39 is 12.2 Å². The number of imidazole rings is 1. The van der Waals surface area contributed by atoms with E-state index in [1.165, 1.54) is 6.20 Å². The average molecular weight is 512 g/mol. The largest absolute Gasteiger partial charge is 0.497 e. The summed E-state index contributed by atoms with van der Waals surface area (Å²) in [6.45, 7) is 0.185. The fourth-order valence-electron chi connectivity index (χ4n) is 4.00. The first-order chi connectivity index (χ1) is 18.5. The van der Waals surface area contributed by atoms with Gasteiger partial charge in [-0.2, -0.15) is 0 Å². The summed E-state index contributed by atoms with van der Waals surface area (Å²) in [5.41, 5.74) is 2.66. The summed E-state index contributed by atoms with van der Waals surface area (Å²) in [5.74, 6) is 1.30. The highest BCUT2D eigenvalue weighted by atomic mass is 16.6. The van der Waals surface area contributed by atoms with Gasteiger partial charge in [0.2, 0.25) is 0 Å². The number of methoxy groups -OCH3 is 1. The van der Waals surface area contributed by atoms with Crippen LogP contribution >= 0.6 is 0 Å². The minimum Gasteiger partial charge on any atom is -0.497 e. The summed E-state index contributed by atoms with van der Waals surface area (Å²) in [6.07, 6.45) is 0.0635. The Bertz CT molecular complexity index is 1610. The maximum atomic E-state index is 12.8. The molecule has 10 heteroatoms. The number of anilines is 2. The quantitative estimate of drug-likeness (QED) is 0.204. The number of aromatic nitrogens is 3. The number of amides is 1. The van der Waals surface area contributed by atoms with Gasteiger partial charge in [-0.3, -0.25) is 10.1 Å². The molecule has 3 aromatic carbocycles. The third kappa shape index (κ3) is 5.35. The monoisotopic (exact) mass is 511 g/mol. The highest BCUT2D eigenvalue weighted by Crippen LogP contribution is 2.28. The molecular formula is C28H25N5O5. The first-order valence-electron chi connectivity index (χ1n) is 11.8. The van der Waals surface area contributed by atoms with Gasteiger partial charge >= 0.3 is 6.09 Å². The number of fused-ring (bicyclic) bond motifs is 1. The molecule has 5 rings (SSSR count). The molecule has 1 unspecified atom stereocenters. The minimum absolute atomic E-state index is 0.185. The van der Waals surface area contributed by atoms with E-state index in [1.807, 2.05) is 30.3 Å². The van der Waals surface area contributed by atoms with E-state index in [-0.39, 0.29) is 17.7 Å².